The van der Waals surface area contributed by atoms with Gasteiger partial charge in [0.15, 0.2) is 5.76 Å². The second-order valence-corrected chi connectivity index (χ2v) is 6.89. The lowest BCUT2D eigenvalue weighted by atomic mass is 10.0. The number of benzene rings is 3. The molecule has 0 aliphatic heterocycles. The van der Waals surface area contributed by atoms with E-state index >= 15 is 0 Å². The molecule has 0 atom stereocenters. The lowest BCUT2D eigenvalue weighted by Gasteiger charge is -2.11. The third-order valence-corrected chi connectivity index (χ3v) is 4.84. The average Bonchev–Trinajstić information content (AvgIpc) is 3.12. The molecule has 1 aromatic heterocycles. The summed E-state index contributed by atoms with van der Waals surface area (Å²) < 4.78 is 11.6. The molecule has 6 nitrogen and oxygen atoms in total. The number of aromatic hydroxyl groups is 1. The predicted octanol–water partition coefficient (Wildman–Crippen LogP) is 4.91. The normalized spacial score (nSPS) is 10.7. The van der Waals surface area contributed by atoms with Crippen LogP contribution in [-0.4, -0.2) is 22.8 Å². The average molecular weight is 422 g/mol. The Labute approximate surface area is 176 Å². The molecule has 0 bridgehead atoms. The number of oxazole rings is 1. The van der Waals surface area contributed by atoms with E-state index in [4.69, 9.17) is 20.8 Å². The third kappa shape index (κ3) is 3.49. The van der Waals surface area contributed by atoms with Crippen molar-refractivity contribution < 1.29 is 19.1 Å². The maximum Gasteiger partial charge on any atom is 0.424 e. The minimum absolute atomic E-state index is 0.130. The molecule has 150 valence electrons. The first kappa shape index (κ1) is 19.5. The van der Waals surface area contributed by atoms with E-state index < -0.39 is 11.7 Å². The van der Waals surface area contributed by atoms with Gasteiger partial charge in [0, 0.05) is 16.1 Å². The highest BCUT2D eigenvalue weighted by Gasteiger charge is 2.23. The number of phenolic OH excluding ortho intramolecular Hbond substituents is 1. The van der Waals surface area contributed by atoms with Crippen LogP contribution >= 0.6 is 11.6 Å². The summed E-state index contributed by atoms with van der Waals surface area (Å²) in [5.74, 6) is -0.958. The minimum atomic E-state index is -0.682. The van der Waals surface area contributed by atoms with E-state index in [1.54, 1.807) is 24.3 Å². The number of aromatic nitrogens is 1. The van der Waals surface area contributed by atoms with Crippen LogP contribution in [0.2, 0.25) is 5.02 Å². The fraction of sp³-hybridized carbons (Fsp3) is 0.0435. The minimum Gasteiger partial charge on any atom is -0.506 e. The predicted molar refractivity (Wildman–Crippen MR) is 113 cm³/mol. The van der Waals surface area contributed by atoms with Crippen LogP contribution in [0.5, 0.6) is 5.75 Å². The van der Waals surface area contributed by atoms with Gasteiger partial charge in [-0.3, -0.25) is 0 Å². The van der Waals surface area contributed by atoms with Crippen molar-refractivity contribution in [3.8, 4) is 34.0 Å². The number of rotatable bonds is 4. The Hall–Kier alpha value is -3.77. The molecule has 3 aromatic carbocycles. The highest BCUT2D eigenvalue weighted by molar-refractivity contribution is 6.30. The number of halogens is 1. The van der Waals surface area contributed by atoms with Gasteiger partial charge in [0.1, 0.15) is 11.4 Å². The highest BCUT2D eigenvalue weighted by Crippen LogP contribution is 2.36. The number of carbonyl (C=O) groups excluding carboxylic acids is 1. The number of nitrogens with zero attached hydrogens (tertiary/aromatic N) is 1. The van der Waals surface area contributed by atoms with Gasteiger partial charge in [-0.25, -0.2) is 14.2 Å². The van der Waals surface area contributed by atoms with Crippen LogP contribution in [0.4, 0.5) is 0 Å². The van der Waals surface area contributed by atoms with Gasteiger partial charge in [0.25, 0.3) is 0 Å². The first-order chi connectivity index (χ1) is 14.5. The fourth-order valence-electron chi connectivity index (χ4n) is 3.20. The number of methoxy groups -OCH3 is 1. The second-order valence-electron chi connectivity index (χ2n) is 6.45. The largest absolute Gasteiger partial charge is 0.506 e. The fourth-order valence-corrected chi connectivity index (χ4v) is 3.36. The van der Waals surface area contributed by atoms with Gasteiger partial charge in [-0.15, -0.1) is 0 Å². The van der Waals surface area contributed by atoms with Gasteiger partial charge < -0.3 is 14.3 Å². The van der Waals surface area contributed by atoms with Crippen molar-refractivity contribution in [1.82, 2.24) is 4.57 Å². The molecule has 1 heterocycles. The van der Waals surface area contributed by atoms with Gasteiger partial charge in [0.2, 0.25) is 0 Å². The van der Waals surface area contributed by atoms with Crippen molar-refractivity contribution in [3.05, 3.63) is 93.9 Å². The van der Waals surface area contributed by atoms with Crippen LogP contribution in [0, 0.1) is 0 Å². The molecule has 0 saturated heterocycles. The zero-order valence-corrected chi connectivity index (χ0v) is 16.6. The number of phenols is 1. The van der Waals surface area contributed by atoms with E-state index in [-0.39, 0.29) is 11.4 Å². The van der Waals surface area contributed by atoms with Gasteiger partial charge in [-0.2, -0.15) is 0 Å². The van der Waals surface area contributed by atoms with Gasteiger partial charge >= 0.3 is 11.7 Å². The van der Waals surface area contributed by atoms with Gasteiger partial charge in [-0.1, -0.05) is 54.1 Å². The van der Waals surface area contributed by atoms with Crippen LogP contribution < -0.4 is 5.76 Å². The zero-order valence-electron chi connectivity index (χ0n) is 15.8. The summed E-state index contributed by atoms with van der Waals surface area (Å²) in [7, 11) is 1.30. The van der Waals surface area contributed by atoms with Crippen molar-refractivity contribution in [3.63, 3.8) is 0 Å². The summed E-state index contributed by atoms with van der Waals surface area (Å²) in [6, 6.07) is 20.1. The van der Waals surface area contributed by atoms with Crippen LogP contribution in [-0.2, 0) is 4.74 Å². The SMILES string of the molecule is COC(=O)c1ccc(-c2c(-c3ccccc3)oc(=O)n2-c2cc(Cl)ccc2O)cc1. The Morgan fingerprint density at radius 1 is 1.00 bits per heavy atom. The smallest absolute Gasteiger partial charge is 0.424 e. The zero-order chi connectivity index (χ0) is 21.3. The van der Waals surface area contributed by atoms with Crippen LogP contribution in [0.3, 0.4) is 0 Å². The first-order valence-corrected chi connectivity index (χ1v) is 9.36. The molecule has 0 saturated carbocycles. The second kappa shape index (κ2) is 7.93. The molecule has 0 fully saturated rings. The molecule has 0 unspecified atom stereocenters. The van der Waals surface area contributed by atoms with Crippen LogP contribution in [0.25, 0.3) is 28.3 Å². The number of hydrogen-bond acceptors (Lipinski definition) is 5. The van der Waals surface area contributed by atoms with Crippen molar-refractivity contribution in [2.24, 2.45) is 0 Å². The Balaban J connectivity index is 2.00. The molecule has 0 amide bonds. The highest BCUT2D eigenvalue weighted by atomic mass is 35.5. The first-order valence-electron chi connectivity index (χ1n) is 8.98. The lowest BCUT2D eigenvalue weighted by molar-refractivity contribution is 0.0600. The van der Waals surface area contributed by atoms with Crippen LogP contribution in [0.1, 0.15) is 10.4 Å². The van der Waals surface area contributed by atoms with E-state index in [1.165, 1.54) is 29.9 Å². The van der Waals surface area contributed by atoms with E-state index in [2.05, 4.69) is 0 Å². The Morgan fingerprint density at radius 2 is 1.70 bits per heavy atom. The number of esters is 1. The molecule has 4 aromatic rings. The summed E-state index contributed by atoms with van der Waals surface area (Å²) in [5.41, 5.74) is 2.25. The number of hydrogen-bond donors (Lipinski definition) is 1. The van der Waals surface area contributed by atoms with Gasteiger partial charge in [0.05, 0.1) is 18.4 Å². The molecule has 1 N–H and O–H groups in total. The molecule has 0 radical (unpaired) electrons. The third-order valence-electron chi connectivity index (χ3n) is 4.60. The summed E-state index contributed by atoms with van der Waals surface area (Å²) >= 11 is 6.10. The van der Waals surface area contributed by atoms with Crippen molar-refractivity contribution in [2.75, 3.05) is 7.11 Å². The standard InChI is InChI=1S/C23H16ClNO5/c1-29-22(27)16-9-7-14(8-10-16)20-21(15-5-3-2-4-6-15)30-23(28)25(20)18-13-17(24)11-12-19(18)26/h2-13,26H,1H3. The summed E-state index contributed by atoms with van der Waals surface area (Å²) in [6.45, 7) is 0. The molecule has 4 rings (SSSR count). The van der Waals surface area contributed by atoms with Crippen LogP contribution in [0.15, 0.2) is 82.0 Å². The number of carbonyl (C=O) groups is 1. The van der Waals surface area contributed by atoms with E-state index in [0.29, 0.717) is 33.2 Å². The van der Waals surface area contributed by atoms with E-state index in [9.17, 15) is 14.7 Å². The maximum atomic E-state index is 12.9. The molecule has 7 heteroatoms. The molecule has 0 aliphatic rings. The quantitative estimate of drug-likeness (QED) is 0.473. The Bertz CT molecular complexity index is 1270. The number of ether oxygens (including phenoxy) is 1. The summed E-state index contributed by atoms with van der Waals surface area (Å²) in [6.07, 6.45) is 0. The molecular formula is C23H16ClNO5. The Morgan fingerprint density at radius 3 is 2.37 bits per heavy atom. The summed E-state index contributed by atoms with van der Waals surface area (Å²) in [5, 5.41) is 10.7. The van der Waals surface area contributed by atoms with E-state index in [1.807, 2.05) is 30.3 Å². The molecule has 0 spiro atoms. The molecular weight excluding hydrogens is 406 g/mol. The Kier molecular flexibility index (Phi) is 5.16. The van der Waals surface area contributed by atoms with E-state index in [0.717, 1.165) is 0 Å². The topological polar surface area (TPSA) is 81.7 Å². The van der Waals surface area contributed by atoms with Crippen molar-refractivity contribution in [2.45, 2.75) is 0 Å². The molecule has 30 heavy (non-hydrogen) atoms. The lowest BCUT2D eigenvalue weighted by Crippen LogP contribution is -2.13. The van der Waals surface area contributed by atoms with Gasteiger partial charge in [-0.05, 0) is 30.3 Å². The summed E-state index contributed by atoms with van der Waals surface area (Å²) in [4.78, 5) is 24.6. The maximum absolute atomic E-state index is 12.9. The monoisotopic (exact) mass is 421 g/mol. The van der Waals surface area contributed by atoms with Crippen molar-refractivity contribution in [1.29, 1.82) is 0 Å². The molecule has 0 aliphatic carbocycles. The van der Waals surface area contributed by atoms with Crippen molar-refractivity contribution >= 4 is 17.6 Å².